The quantitative estimate of drug-likeness (QED) is 0.909. The van der Waals surface area contributed by atoms with Crippen LogP contribution in [0.4, 0.5) is 0 Å². The third-order valence-electron chi connectivity index (χ3n) is 2.19. The molecule has 0 atom stereocenters. The van der Waals surface area contributed by atoms with Gasteiger partial charge in [0.1, 0.15) is 5.75 Å². The van der Waals surface area contributed by atoms with E-state index in [0.29, 0.717) is 28.9 Å². The number of halogens is 1. The largest absolute Gasteiger partial charge is 0.436 e. The van der Waals surface area contributed by atoms with Gasteiger partial charge >= 0.3 is 0 Å². The van der Waals surface area contributed by atoms with Crippen molar-refractivity contribution < 1.29 is 4.74 Å². The van der Waals surface area contributed by atoms with Gasteiger partial charge in [-0.3, -0.25) is 4.98 Å². The van der Waals surface area contributed by atoms with E-state index in [1.54, 1.807) is 12.3 Å². The Bertz CT molecular complexity index is 514. The van der Waals surface area contributed by atoms with Crippen molar-refractivity contribution in [3.8, 4) is 11.6 Å². The monoisotopic (exact) mass is 249 g/mol. The summed E-state index contributed by atoms with van der Waals surface area (Å²) in [5.74, 6) is 0.969. The van der Waals surface area contributed by atoms with Crippen molar-refractivity contribution >= 4 is 11.6 Å². The Hall–Kier alpha value is -1.65. The summed E-state index contributed by atoms with van der Waals surface area (Å²) in [6.45, 7) is 2.32. The molecule has 0 saturated carbocycles. The minimum absolute atomic E-state index is 0.360. The summed E-state index contributed by atoms with van der Waals surface area (Å²) in [6, 6.07) is 5.55. The molecule has 0 saturated heterocycles. The zero-order chi connectivity index (χ0) is 12.3. The Balaban J connectivity index is 2.22. The number of nitrogens with zero attached hydrogens (tertiary/aromatic N) is 2. The van der Waals surface area contributed by atoms with Crippen LogP contribution in [-0.2, 0) is 6.54 Å². The number of hydrogen-bond donors (Lipinski definition) is 1. The summed E-state index contributed by atoms with van der Waals surface area (Å²) >= 11 is 6.01. The SMILES string of the molecule is Cc1ccc(Cl)c(Oc2cnc(CN)cn2)c1. The molecule has 1 aromatic carbocycles. The fourth-order valence-electron chi connectivity index (χ4n) is 1.30. The van der Waals surface area contributed by atoms with Gasteiger partial charge in [0.25, 0.3) is 0 Å². The minimum Gasteiger partial charge on any atom is -0.436 e. The van der Waals surface area contributed by atoms with Gasteiger partial charge in [-0.25, -0.2) is 4.98 Å². The Labute approximate surface area is 104 Å². The standard InChI is InChI=1S/C12H12ClN3O/c1-8-2-3-10(13)11(4-8)17-12-7-15-9(5-14)6-16-12/h2-4,6-7H,5,14H2,1H3. The molecule has 17 heavy (non-hydrogen) atoms. The normalized spacial score (nSPS) is 10.3. The van der Waals surface area contributed by atoms with Crippen LogP contribution in [0.1, 0.15) is 11.3 Å². The van der Waals surface area contributed by atoms with E-state index in [1.165, 1.54) is 6.20 Å². The van der Waals surface area contributed by atoms with Gasteiger partial charge in [-0.05, 0) is 24.6 Å². The van der Waals surface area contributed by atoms with Crippen LogP contribution in [0, 0.1) is 6.92 Å². The Morgan fingerprint density at radius 3 is 2.76 bits per heavy atom. The van der Waals surface area contributed by atoms with Crippen molar-refractivity contribution in [2.45, 2.75) is 13.5 Å². The molecule has 0 aliphatic rings. The lowest BCUT2D eigenvalue weighted by Crippen LogP contribution is -2.00. The van der Waals surface area contributed by atoms with Gasteiger partial charge in [-0.2, -0.15) is 0 Å². The van der Waals surface area contributed by atoms with Gasteiger partial charge in [-0.15, -0.1) is 0 Å². The van der Waals surface area contributed by atoms with E-state index in [4.69, 9.17) is 22.1 Å². The molecular weight excluding hydrogens is 238 g/mol. The molecule has 1 aromatic heterocycles. The topological polar surface area (TPSA) is 61.0 Å². The van der Waals surface area contributed by atoms with Crippen molar-refractivity contribution in [2.24, 2.45) is 5.73 Å². The third kappa shape index (κ3) is 2.93. The predicted molar refractivity (Wildman–Crippen MR) is 66.2 cm³/mol. The molecule has 0 fully saturated rings. The van der Waals surface area contributed by atoms with Gasteiger partial charge in [0.15, 0.2) is 0 Å². The maximum absolute atomic E-state index is 6.01. The van der Waals surface area contributed by atoms with Crippen LogP contribution >= 0.6 is 11.6 Å². The van der Waals surface area contributed by atoms with Crippen molar-refractivity contribution in [1.82, 2.24) is 9.97 Å². The van der Waals surface area contributed by atoms with Crippen LogP contribution in [0.3, 0.4) is 0 Å². The van der Waals surface area contributed by atoms with Crippen LogP contribution < -0.4 is 10.5 Å². The maximum Gasteiger partial charge on any atom is 0.237 e. The van der Waals surface area contributed by atoms with Gasteiger partial charge in [0, 0.05) is 6.54 Å². The number of nitrogens with two attached hydrogens (primary N) is 1. The van der Waals surface area contributed by atoms with Crippen LogP contribution in [0.2, 0.25) is 5.02 Å². The van der Waals surface area contributed by atoms with Crippen LogP contribution in [0.5, 0.6) is 11.6 Å². The molecule has 2 aromatic rings. The second kappa shape index (κ2) is 5.12. The summed E-state index contributed by atoms with van der Waals surface area (Å²) in [4.78, 5) is 8.18. The number of rotatable bonds is 3. The van der Waals surface area contributed by atoms with Crippen molar-refractivity contribution in [1.29, 1.82) is 0 Å². The van der Waals surface area contributed by atoms with Crippen molar-refractivity contribution in [3.05, 3.63) is 46.9 Å². The predicted octanol–water partition coefficient (Wildman–Crippen LogP) is 2.69. The fraction of sp³-hybridized carbons (Fsp3) is 0.167. The average molecular weight is 250 g/mol. The highest BCUT2D eigenvalue weighted by molar-refractivity contribution is 6.32. The zero-order valence-corrected chi connectivity index (χ0v) is 10.1. The van der Waals surface area contributed by atoms with Crippen LogP contribution in [-0.4, -0.2) is 9.97 Å². The smallest absolute Gasteiger partial charge is 0.237 e. The second-order valence-electron chi connectivity index (χ2n) is 3.59. The molecule has 0 bridgehead atoms. The molecule has 0 aliphatic heterocycles. The van der Waals surface area contributed by atoms with E-state index in [2.05, 4.69) is 9.97 Å². The van der Waals surface area contributed by atoms with Crippen LogP contribution in [0.15, 0.2) is 30.6 Å². The first-order valence-corrected chi connectivity index (χ1v) is 5.52. The van der Waals surface area contributed by atoms with E-state index in [9.17, 15) is 0 Å². The zero-order valence-electron chi connectivity index (χ0n) is 9.35. The molecule has 1 heterocycles. The highest BCUT2D eigenvalue weighted by atomic mass is 35.5. The summed E-state index contributed by atoms with van der Waals surface area (Å²) in [5.41, 5.74) is 7.21. The molecular formula is C12H12ClN3O. The Morgan fingerprint density at radius 2 is 2.12 bits per heavy atom. The van der Waals surface area contributed by atoms with E-state index in [1.807, 2.05) is 19.1 Å². The van der Waals surface area contributed by atoms with Gasteiger partial charge in [-0.1, -0.05) is 17.7 Å². The van der Waals surface area contributed by atoms with E-state index in [-0.39, 0.29) is 0 Å². The average Bonchev–Trinajstić information content (AvgIpc) is 2.35. The molecule has 0 radical (unpaired) electrons. The summed E-state index contributed by atoms with van der Waals surface area (Å²) in [6.07, 6.45) is 3.11. The van der Waals surface area contributed by atoms with E-state index in [0.717, 1.165) is 5.56 Å². The molecule has 0 unspecified atom stereocenters. The molecule has 0 amide bonds. The Morgan fingerprint density at radius 1 is 1.29 bits per heavy atom. The van der Waals surface area contributed by atoms with Crippen molar-refractivity contribution in [3.63, 3.8) is 0 Å². The number of benzene rings is 1. The van der Waals surface area contributed by atoms with E-state index < -0.39 is 0 Å². The maximum atomic E-state index is 6.01. The van der Waals surface area contributed by atoms with Crippen LogP contribution in [0.25, 0.3) is 0 Å². The lowest BCUT2D eigenvalue weighted by atomic mass is 10.2. The summed E-state index contributed by atoms with van der Waals surface area (Å²) in [7, 11) is 0. The summed E-state index contributed by atoms with van der Waals surface area (Å²) < 4.78 is 5.54. The molecule has 2 rings (SSSR count). The minimum atomic E-state index is 0.360. The lowest BCUT2D eigenvalue weighted by molar-refractivity contribution is 0.459. The van der Waals surface area contributed by atoms with E-state index >= 15 is 0 Å². The first-order chi connectivity index (χ1) is 8.19. The highest BCUT2D eigenvalue weighted by Gasteiger charge is 2.04. The fourth-order valence-corrected chi connectivity index (χ4v) is 1.46. The molecule has 4 nitrogen and oxygen atoms in total. The Kier molecular flexibility index (Phi) is 3.56. The lowest BCUT2D eigenvalue weighted by Gasteiger charge is -2.07. The first-order valence-electron chi connectivity index (χ1n) is 5.14. The highest BCUT2D eigenvalue weighted by Crippen LogP contribution is 2.28. The molecule has 2 N–H and O–H groups in total. The molecule has 0 aliphatic carbocycles. The molecule has 88 valence electrons. The van der Waals surface area contributed by atoms with Gasteiger partial charge in [0.05, 0.1) is 23.1 Å². The third-order valence-corrected chi connectivity index (χ3v) is 2.50. The number of aryl methyl sites for hydroxylation is 1. The number of ether oxygens (including phenoxy) is 1. The number of hydrogen-bond acceptors (Lipinski definition) is 4. The first kappa shape index (κ1) is 11.8. The van der Waals surface area contributed by atoms with Gasteiger partial charge < -0.3 is 10.5 Å². The molecule has 5 heteroatoms. The molecule has 0 spiro atoms. The van der Waals surface area contributed by atoms with Crippen molar-refractivity contribution in [2.75, 3.05) is 0 Å². The summed E-state index contributed by atoms with van der Waals surface area (Å²) in [5, 5.41) is 0.542. The van der Waals surface area contributed by atoms with Gasteiger partial charge in [0.2, 0.25) is 5.88 Å². The number of aromatic nitrogens is 2. The second-order valence-corrected chi connectivity index (χ2v) is 3.99.